The van der Waals surface area contributed by atoms with E-state index < -0.39 is 24.2 Å². The van der Waals surface area contributed by atoms with Gasteiger partial charge in [0.2, 0.25) is 11.8 Å². The van der Waals surface area contributed by atoms with Gasteiger partial charge in [0.1, 0.15) is 6.04 Å². The van der Waals surface area contributed by atoms with Gasteiger partial charge in [-0.05, 0) is 67.6 Å². The Morgan fingerprint density at radius 1 is 0.950 bits per heavy atom. The minimum Gasteiger partial charge on any atom is -0.475 e. The van der Waals surface area contributed by atoms with Crippen LogP contribution < -0.4 is 16.8 Å². The maximum Gasteiger partial charge on any atom is 0.490 e. The minimum absolute atomic E-state index is 0.210. The molecule has 0 radical (unpaired) electrons. The Bertz CT molecular complexity index is 1250. The van der Waals surface area contributed by atoms with Crippen molar-refractivity contribution in [2.75, 3.05) is 18.4 Å². The largest absolute Gasteiger partial charge is 0.490 e. The number of rotatable bonds is 11. The lowest BCUT2D eigenvalue weighted by Crippen LogP contribution is -2.52. The van der Waals surface area contributed by atoms with Crippen LogP contribution in [0, 0.1) is 0 Å². The van der Waals surface area contributed by atoms with Gasteiger partial charge in [0.25, 0.3) is 0 Å². The van der Waals surface area contributed by atoms with Crippen LogP contribution in [0.15, 0.2) is 72.8 Å². The first-order valence-corrected chi connectivity index (χ1v) is 12.8. The summed E-state index contributed by atoms with van der Waals surface area (Å²) >= 11 is 0. The second kappa shape index (κ2) is 15.6. The summed E-state index contributed by atoms with van der Waals surface area (Å²) in [5, 5.41) is 12.2. The Hall–Kier alpha value is -3.96. The molecule has 216 valence electrons. The number of hydrogen-bond donors (Lipinski definition) is 4. The number of carbonyl (C=O) groups is 3. The second-order valence-corrected chi connectivity index (χ2v) is 9.19. The summed E-state index contributed by atoms with van der Waals surface area (Å²) < 4.78 is 31.7. The molecule has 0 fully saturated rings. The molecule has 40 heavy (non-hydrogen) atoms. The highest BCUT2D eigenvalue weighted by Crippen LogP contribution is 2.20. The van der Waals surface area contributed by atoms with E-state index in [1.54, 1.807) is 11.8 Å². The van der Waals surface area contributed by atoms with Crippen LogP contribution in [0.25, 0.3) is 10.8 Å². The van der Waals surface area contributed by atoms with Gasteiger partial charge in [-0.15, -0.1) is 0 Å². The number of alkyl halides is 3. The number of aryl methyl sites for hydroxylation is 1. The van der Waals surface area contributed by atoms with Gasteiger partial charge in [0, 0.05) is 12.2 Å². The Labute approximate surface area is 231 Å². The standard InChI is InChI=1S/C27H34N4O2.C2HF3O2/c1-20(26(32)30-24-16-15-22-12-5-6-13-23(22)19-24)31(27(33)25(29)14-7-17-28)18-8-11-21-9-3-2-4-10-21;3-2(4,5)1(6)7/h2-6,9-10,12-13,15-16,19-20,25H,7-8,11,14,17-18,28-29H2,1H3,(H,30,32);(H,6,7)/t20-,25+;/m0./s1. The molecule has 8 nitrogen and oxygen atoms in total. The molecule has 0 aromatic heterocycles. The highest BCUT2D eigenvalue weighted by molar-refractivity contribution is 5.99. The van der Waals surface area contributed by atoms with Gasteiger partial charge in [-0.25, -0.2) is 4.79 Å². The molecule has 3 rings (SSSR count). The maximum absolute atomic E-state index is 13.1. The molecule has 0 saturated heterocycles. The lowest BCUT2D eigenvalue weighted by Gasteiger charge is -2.31. The van der Waals surface area contributed by atoms with E-state index in [9.17, 15) is 22.8 Å². The number of fused-ring (bicyclic) bond motifs is 1. The number of benzene rings is 3. The first-order valence-electron chi connectivity index (χ1n) is 12.8. The van der Waals surface area contributed by atoms with Gasteiger partial charge >= 0.3 is 12.1 Å². The highest BCUT2D eigenvalue weighted by Gasteiger charge is 2.38. The molecule has 2 atom stereocenters. The summed E-state index contributed by atoms with van der Waals surface area (Å²) in [5.74, 6) is -3.20. The summed E-state index contributed by atoms with van der Waals surface area (Å²) in [6, 6.07) is 22.6. The number of halogens is 3. The minimum atomic E-state index is -5.08. The first-order chi connectivity index (χ1) is 18.9. The number of carboxylic acid groups (broad SMARTS) is 1. The number of hydrogen-bond acceptors (Lipinski definition) is 5. The van der Waals surface area contributed by atoms with E-state index in [4.69, 9.17) is 21.4 Å². The molecule has 0 spiro atoms. The van der Waals surface area contributed by atoms with E-state index in [1.165, 1.54) is 5.56 Å². The van der Waals surface area contributed by atoms with E-state index in [-0.39, 0.29) is 11.8 Å². The third-order valence-corrected chi connectivity index (χ3v) is 6.13. The topological polar surface area (TPSA) is 139 Å². The molecule has 0 unspecified atom stereocenters. The van der Waals surface area contributed by atoms with Crippen LogP contribution in [0.2, 0.25) is 0 Å². The Morgan fingerprint density at radius 2 is 1.55 bits per heavy atom. The number of nitrogens with one attached hydrogen (secondary N) is 1. The third kappa shape index (κ3) is 10.3. The predicted molar refractivity (Wildman–Crippen MR) is 148 cm³/mol. The monoisotopic (exact) mass is 560 g/mol. The number of carbonyl (C=O) groups excluding carboxylic acids is 2. The third-order valence-electron chi connectivity index (χ3n) is 6.13. The van der Waals surface area contributed by atoms with Gasteiger partial charge in [0.15, 0.2) is 0 Å². The van der Waals surface area contributed by atoms with Crippen molar-refractivity contribution < 1.29 is 32.7 Å². The second-order valence-electron chi connectivity index (χ2n) is 9.19. The van der Waals surface area contributed by atoms with Crippen molar-refractivity contribution in [3.05, 3.63) is 78.4 Å². The first kappa shape index (κ1) is 32.3. The van der Waals surface area contributed by atoms with Crippen molar-refractivity contribution in [1.29, 1.82) is 0 Å². The molecule has 0 heterocycles. The van der Waals surface area contributed by atoms with Crippen molar-refractivity contribution >= 4 is 34.2 Å². The van der Waals surface area contributed by atoms with Crippen LogP contribution in [-0.4, -0.2) is 59.1 Å². The predicted octanol–water partition coefficient (Wildman–Crippen LogP) is 4.33. The van der Waals surface area contributed by atoms with Crippen molar-refractivity contribution in [2.45, 2.75) is 50.9 Å². The SMILES string of the molecule is C[C@@H](C(=O)Nc1ccc2ccccc2c1)N(CCCc1ccccc1)C(=O)[C@H](N)CCCN.O=C(O)C(F)(F)F. The van der Waals surface area contributed by atoms with E-state index in [0.717, 1.165) is 23.6 Å². The van der Waals surface area contributed by atoms with Crippen LogP contribution in [0.1, 0.15) is 31.7 Å². The van der Waals surface area contributed by atoms with Gasteiger partial charge < -0.3 is 26.8 Å². The zero-order valence-corrected chi connectivity index (χ0v) is 22.2. The van der Waals surface area contributed by atoms with Crippen molar-refractivity contribution in [3.8, 4) is 0 Å². The zero-order valence-electron chi connectivity index (χ0n) is 22.2. The molecule has 6 N–H and O–H groups in total. The summed E-state index contributed by atoms with van der Waals surface area (Å²) in [5.41, 5.74) is 13.7. The molecule has 11 heteroatoms. The fourth-order valence-electron chi connectivity index (χ4n) is 3.92. The van der Waals surface area contributed by atoms with E-state index >= 15 is 0 Å². The number of amides is 2. The molecule has 3 aromatic rings. The number of nitrogens with zero attached hydrogens (tertiary/aromatic N) is 1. The van der Waals surface area contributed by atoms with Crippen molar-refractivity contribution in [1.82, 2.24) is 4.90 Å². The molecule has 0 aliphatic carbocycles. The van der Waals surface area contributed by atoms with Gasteiger partial charge in [0.05, 0.1) is 6.04 Å². The molecular weight excluding hydrogens is 525 g/mol. The molecule has 3 aromatic carbocycles. The van der Waals surface area contributed by atoms with Crippen LogP contribution in [0.3, 0.4) is 0 Å². The summed E-state index contributed by atoms with van der Waals surface area (Å²) in [6.45, 7) is 2.69. The van der Waals surface area contributed by atoms with E-state index in [2.05, 4.69) is 17.4 Å². The van der Waals surface area contributed by atoms with Gasteiger partial charge in [-0.2, -0.15) is 13.2 Å². The lowest BCUT2D eigenvalue weighted by molar-refractivity contribution is -0.192. The maximum atomic E-state index is 13.1. The van der Waals surface area contributed by atoms with Crippen molar-refractivity contribution in [3.63, 3.8) is 0 Å². The Morgan fingerprint density at radius 3 is 2.15 bits per heavy atom. The normalized spacial score (nSPS) is 12.6. The number of carboxylic acids is 1. The molecule has 0 bridgehead atoms. The highest BCUT2D eigenvalue weighted by atomic mass is 19.4. The number of nitrogens with two attached hydrogens (primary N) is 2. The molecule has 0 aliphatic rings. The summed E-state index contributed by atoms with van der Waals surface area (Å²) in [4.78, 5) is 36.8. The van der Waals surface area contributed by atoms with Crippen LogP contribution in [0.5, 0.6) is 0 Å². The van der Waals surface area contributed by atoms with Gasteiger partial charge in [-0.3, -0.25) is 9.59 Å². The van der Waals surface area contributed by atoms with Crippen LogP contribution in [-0.2, 0) is 20.8 Å². The molecule has 2 amide bonds. The zero-order chi connectivity index (χ0) is 29.7. The van der Waals surface area contributed by atoms with E-state index in [1.807, 2.05) is 60.7 Å². The van der Waals surface area contributed by atoms with Gasteiger partial charge in [-0.1, -0.05) is 60.7 Å². The Balaban J connectivity index is 0.000000708. The molecular formula is C29H35F3N4O4. The molecule has 0 saturated carbocycles. The van der Waals surface area contributed by atoms with E-state index in [0.29, 0.717) is 31.6 Å². The fourth-order valence-corrected chi connectivity index (χ4v) is 3.92. The average Bonchev–Trinajstić information content (AvgIpc) is 2.93. The lowest BCUT2D eigenvalue weighted by atomic mass is 10.1. The average molecular weight is 561 g/mol. The number of anilines is 1. The molecule has 0 aliphatic heterocycles. The van der Waals surface area contributed by atoms with Crippen LogP contribution in [0.4, 0.5) is 18.9 Å². The fraction of sp³-hybridized carbons (Fsp3) is 0.345. The summed E-state index contributed by atoms with van der Waals surface area (Å²) in [7, 11) is 0. The summed E-state index contributed by atoms with van der Waals surface area (Å²) in [6.07, 6.45) is -2.35. The smallest absolute Gasteiger partial charge is 0.475 e. The number of aliphatic carboxylic acids is 1. The quantitative estimate of drug-likeness (QED) is 0.275. The Kier molecular flexibility index (Phi) is 12.6. The van der Waals surface area contributed by atoms with Crippen LogP contribution >= 0.6 is 0 Å². The van der Waals surface area contributed by atoms with Crippen molar-refractivity contribution in [2.24, 2.45) is 11.5 Å².